The highest BCUT2D eigenvalue weighted by atomic mass is 19.1. The van der Waals surface area contributed by atoms with Crippen molar-refractivity contribution in [3.63, 3.8) is 0 Å². The van der Waals surface area contributed by atoms with Crippen LogP contribution in [0.3, 0.4) is 0 Å². The molecule has 2 aliphatic heterocycles. The fraction of sp³-hybridized carbons (Fsp3) is 0.619. The molecule has 1 atom stereocenters. The summed E-state index contributed by atoms with van der Waals surface area (Å²) in [5, 5.41) is 6.16. The molecule has 4 rings (SSSR count). The molecule has 3 aliphatic rings. The van der Waals surface area contributed by atoms with E-state index in [0.29, 0.717) is 12.6 Å². The van der Waals surface area contributed by atoms with Gasteiger partial charge in [-0.25, -0.2) is 9.18 Å². The first-order valence-corrected chi connectivity index (χ1v) is 10.4. The molecule has 0 aromatic heterocycles. The lowest BCUT2D eigenvalue weighted by Crippen LogP contribution is -2.53. The van der Waals surface area contributed by atoms with Crippen molar-refractivity contribution in [2.75, 3.05) is 19.6 Å². The van der Waals surface area contributed by atoms with Crippen molar-refractivity contribution in [1.82, 2.24) is 20.4 Å². The van der Waals surface area contributed by atoms with Gasteiger partial charge >= 0.3 is 6.03 Å². The van der Waals surface area contributed by atoms with E-state index in [0.717, 1.165) is 63.7 Å². The number of urea groups is 1. The van der Waals surface area contributed by atoms with Crippen LogP contribution in [-0.4, -0.2) is 59.5 Å². The van der Waals surface area contributed by atoms with Crippen molar-refractivity contribution in [3.8, 4) is 0 Å². The van der Waals surface area contributed by atoms with Crippen LogP contribution in [0.4, 0.5) is 9.18 Å². The SMILES string of the molecule is O=C(NC1CC1)C1CCCN1C(=O)NC1CCN(Cc2ccc(F)cc2)CC1. The van der Waals surface area contributed by atoms with Crippen molar-refractivity contribution < 1.29 is 14.0 Å². The van der Waals surface area contributed by atoms with E-state index in [1.807, 2.05) is 12.1 Å². The maximum absolute atomic E-state index is 13.0. The summed E-state index contributed by atoms with van der Waals surface area (Å²) in [6.45, 7) is 3.25. The highest BCUT2D eigenvalue weighted by Crippen LogP contribution is 2.23. The number of carbonyl (C=O) groups is 2. The minimum Gasteiger partial charge on any atom is -0.352 e. The van der Waals surface area contributed by atoms with Crippen molar-refractivity contribution in [2.24, 2.45) is 0 Å². The van der Waals surface area contributed by atoms with Crippen LogP contribution in [0, 0.1) is 5.82 Å². The van der Waals surface area contributed by atoms with E-state index in [2.05, 4.69) is 15.5 Å². The van der Waals surface area contributed by atoms with Crippen molar-refractivity contribution in [1.29, 1.82) is 0 Å². The molecular weight excluding hydrogens is 359 g/mol. The van der Waals surface area contributed by atoms with Crippen LogP contribution >= 0.6 is 0 Å². The fourth-order valence-electron chi connectivity index (χ4n) is 4.15. The van der Waals surface area contributed by atoms with E-state index in [4.69, 9.17) is 0 Å². The van der Waals surface area contributed by atoms with E-state index in [1.165, 1.54) is 12.1 Å². The largest absolute Gasteiger partial charge is 0.352 e. The standard InChI is InChI=1S/C21H29FN4O2/c22-16-5-3-15(4-6-16)14-25-12-9-18(10-13-25)24-21(28)26-11-1-2-19(26)20(27)23-17-7-8-17/h3-6,17-19H,1-2,7-14H2,(H,23,27)(H,24,28). The number of carbonyl (C=O) groups excluding carboxylic acids is 2. The van der Waals surface area contributed by atoms with Gasteiger partial charge < -0.3 is 15.5 Å². The average Bonchev–Trinajstić information content (AvgIpc) is 3.36. The number of piperidine rings is 1. The lowest BCUT2D eigenvalue weighted by atomic mass is 10.0. The van der Waals surface area contributed by atoms with Crippen LogP contribution < -0.4 is 10.6 Å². The molecular formula is C21H29FN4O2. The van der Waals surface area contributed by atoms with Gasteiger partial charge in [0.2, 0.25) is 5.91 Å². The lowest BCUT2D eigenvalue weighted by molar-refractivity contribution is -0.124. The molecule has 1 unspecified atom stereocenters. The highest BCUT2D eigenvalue weighted by molar-refractivity contribution is 5.88. The zero-order valence-electron chi connectivity index (χ0n) is 16.2. The summed E-state index contributed by atoms with van der Waals surface area (Å²) in [6, 6.07) is 6.67. The Bertz CT molecular complexity index is 699. The van der Waals surface area contributed by atoms with Gasteiger partial charge in [-0.2, -0.15) is 0 Å². The number of amides is 3. The maximum atomic E-state index is 13.0. The van der Waals surface area contributed by atoms with Crippen LogP contribution in [0.5, 0.6) is 0 Å². The molecule has 0 bridgehead atoms. The van der Waals surface area contributed by atoms with Crippen LogP contribution in [0.1, 0.15) is 44.1 Å². The lowest BCUT2D eigenvalue weighted by Gasteiger charge is -2.34. The van der Waals surface area contributed by atoms with Gasteiger partial charge in [0.25, 0.3) is 0 Å². The summed E-state index contributed by atoms with van der Waals surface area (Å²) < 4.78 is 13.0. The summed E-state index contributed by atoms with van der Waals surface area (Å²) in [5.41, 5.74) is 1.10. The van der Waals surface area contributed by atoms with Crippen molar-refractivity contribution in [3.05, 3.63) is 35.6 Å². The van der Waals surface area contributed by atoms with Gasteiger partial charge in [-0.3, -0.25) is 9.69 Å². The molecule has 0 spiro atoms. The number of rotatable bonds is 5. The summed E-state index contributed by atoms with van der Waals surface area (Å²) in [6.07, 6.45) is 5.52. The third-order valence-electron chi connectivity index (χ3n) is 5.97. The first-order chi connectivity index (χ1) is 13.6. The molecule has 2 heterocycles. The third kappa shape index (κ3) is 4.82. The predicted molar refractivity (Wildman–Crippen MR) is 104 cm³/mol. The van der Waals surface area contributed by atoms with E-state index < -0.39 is 0 Å². The fourth-order valence-corrected chi connectivity index (χ4v) is 4.15. The second-order valence-electron chi connectivity index (χ2n) is 8.26. The number of likely N-dealkylation sites (tertiary alicyclic amines) is 2. The Hall–Kier alpha value is -2.15. The molecule has 1 aromatic rings. The summed E-state index contributed by atoms with van der Waals surface area (Å²) in [7, 11) is 0. The number of nitrogens with zero attached hydrogens (tertiary/aromatic N) is 2. The van der Waals surface area contributed by atoms with E-state index in [-0.39, 0.29) is 29.8 Å². The number of hydrogen-bond acceptors (Lipinski definition) is 3. The van der Waals surface area contributed by atoms with Gasteiger partial charge in [-0.05, 0) is 56.2 Å². The predicted octanol–water partition coefficient (Wildman–Crippen LogP) is 2.24. The summed E-state index contributed by atoms with van der Waals surface area (Å²) in [4.78, 5) is 29.1. The van der Waals surface area contributed by atoms with Gasteiger partial charge in [0.05, 0.1) is 0 Å². The molecule has 3 amide bonds. The van der Waals surface area contributed by atoms with E-state index in [9.17, 15) is 14.0 Å². The minimum absolute atomic E-state index is 0.00395. The summed E-state index contributed by atoms with van der Waals surface area (Å²) in [5.74, 6) is -0.208. The average molecular weight is 388 g/mol. The molecule has 152 valence electrons. The zero-order valence-corrected chi connectivity index (χ0v) is 16.2. The Labute approximate surface area is 165 Å². The molecule has 2 saturated heterocycles. The second kappa shape index (κ2) is 8.47. The Morgan fingerprint density at radius 3 is 2.29 bits per heavy atom. The van der Waals surface area contributed by atoms with Crippen LogP contribution in [0.2, 0.25) is 0 Å². The number of nitrogens with one attached hydrogen (secondary N) is 2. The molecule has 1 aromatic carbocycles. The smallest absolute Gasteiger partial charge is 0.318 e. The first kappa shape index (κ1) is 19.2. The molecule has 28 heavy (non-hydrogen) atoms. The van der Waals surface area contributed by atoms with E-state index in [1.54, 1.807) is 4.90 Å². The molecule has 7 heteroatoms. The topological polar surface area (TPSA) is 64.7 Å². The van der Waals surface area contributed by atoms with Crippen LogP contribution in [0.25, 0.3) is 0 Å². The Balaban J connectivity index is 1.23. The Kier molecular flexibility index (Phi) is 5.80. The van der Waals surface area contributed by atoms with Crippen LogP contribution in [-0.2, 0) is 11.3 Å². The van der Waals surface area contributed by atoms with Crippen molar-refractivity contribution >= 4 is 11.9 Å². The van der Waals surface area contributed by atoms with Crippen molar-refractivity contribution in [2.45, 2.75) is 63.2 Å². The maximum Gasteiger partial charge on any atom is 0.318 e. The van der Waals surface area contributed by atoms with Gasteiger partial charge in [-0.15, -0.1) is 0 Å². The molecule has 1 aliphatic carbocycles. The Morgan fingerprint density at radius 1 is 0.929 bits per heavy atom. The zero-order chi connectivity index (χ0) is 19.5. The highest BCUT2D eigenvalue weighted by Gasteiger charge is 2.37. The number of halogens is 1. The van der Waals surface area contributed by atoms with Crippen LogP contribution in [0.15, 0.2) is 24.3 Å². The van der Waals surface area contributed by atoms with Gasteiger partial charge in [0.15, 0.2) is 0 Å². The molecule has 1 saturated carbocycles. The quantitative estimate of drug-likeness (QED) is 0.813. The third-order valence-corrected chi connectivity index (χ3v) is 5.97. The van der Waals surface area contributed by atoms with Gasteiger partial charge in [0.1, 0.15) is 11.9 Å². The van der Waals surface area contributed by atoms with Gasteiger partial charge in [0, 0.05) is 38.3 Å². The molecule has 0 radical (unpaired) electrons. The Morgan fingerprint density at radius 2 is 1.61 bits per heavy atom. The summed E-state index contributed by atoms with van der Waals surface area (Å²) >= 11 is 0. The second-order valence-corrected chi connectivity index (χ2v) is 8.26. The number of hydrogen-bond donors (Lipinski definition) is 2. The first-order valence-electron chi connectivity index (χ1n) is 10.4. The number of benzene rings is 1. The van der Waals surface area contributed by atoms with E-state index >= 15 is 0 Å². The molecule has 6 nitrogen and oxygen atoms in total. The molecule has 3 fully saturated rings. The normalized spacial score (nSPS) is 23.6. The monoisotopic (exact) mass is 388 g/mol. The molecule has 2 N–H and O–H groups in total. The van der Waals surface area contributed by atoms with Gasteiger partial charge in [-0.1, -0.05) is 12.1 Å². The minimum atomic E-state index is -0.320.